The van der Waals surface area contributed by atoms with Gasteiger partial charge in [0.05, 0.1) is 5.75 Å². The fourth-order valence-corrected chi connectivity index (χ4v) is 4.24. The molecule has 6 heteroatoms. The molecule has 0 fully saturated rings. The van der Waals surface area contributed by atoms with E-state index in [-0.39, 0.29) is 36.0 Å². The van der Waals surface area contributed by atoms with Gasteiger partial charge in [-0.15, -0.1) is 11.8 Å². The Morgan fingerprint density at radius 3 is 2.35 bits per heavy atom. The van der Waals surface area contributed by atoms with Gasteiger partial charge in [0.25, 0.3) is 0 Å². The fraction of sp³-hybridized carbons (Fsp3) is 0.440. The van der Waals surface area contributed by atoms with E-state index in [2.05, 4.69) is 24.4 Å². The van der Waals surface area contributed by atoms with Crippen molar-refractivity contribution in [3.63, 3.8) is 0 Å². The van der Waals surface area contributed by atoms with E-state index >= 15 is 0 Å². The van der Waals surface area contributed by atoms with Crippen molar-refractivity contribution in [3.05, 3.63) is 71.0 Å². The highest BCUT2D eigenvalue weighted by molar-refractivity contribution is 7.99. The van der Waals surface area contributed by atoms with Crippen LogP contribution < -0.4 is 5.32 Å². The van der Waals surface area contributed by atoms with E-state index in [0.717, 1.165) is 17.7 Å². The van der Waals surface area contributed by atoms with Crippen molar-refractivity contribution in [2.24, 2.45) is 0 Å². The maximum Gasteiger partial charge on any atom is 0.243 e. The number of nitrogens with one attached hydrogen (secondary N) is 1. The van der Waals surface area contributed by atoms with Crippen molar-refractivity contribution in [1.82, 2.24) is 10.2 Å². The second-order valence-electron chi connectivity index (χ2n) is 7.81. The summed E-state index contributed by atoms with van der Waals surface area (Å²) >= 11 is 1.55. The van der Waals surface area contributed by atoms with Crippen molar-refractivity contribution in [2.45, 2.75) is 64.9 Å². The molecule has 2 aromatic carbocycles. The topological polar surface area (TPSA) is 49.4 Å². The molecule has 0 saturated carbocycles. The molecule has 0 aliphatic heterocycles. The predicted molar refractivity (Wildman–Crippen MR) is 126 cm³/mol. The summed E-state index contributed by atoms with van der Waals surface area (Å²) < 4.78 is 13.3. The number of aryl methyl sites for hydroxylation is 1. The third-order valence-corrected chi connectivity index (χ3v) is 6.36. The number of carbonyl (C=O) groups is 2. The second-order valence-corrected chi connectivity index (χ2v) is 8.79. The molecule has 1 N–H and O–H groups in total. The fourth-order valence-electron chi connectivity index (χ4n) is 3.25. The van der Waals surface area contributed by atoms with Gasteiger partial charge < -0.3 is 10.2 Å². The van der Waals surface area contributed by atoms with E-state index in [1.807, 2.05) is 32.9 Å². The highest BCUT2D eigenvalue weighted by Gasteiger charge is 2.29. The first-order chi connectivity index (χ1) is 14.8. The zero-order chi connectivity index (χ0) is 22.8. The number of nitrogens with zero attached hydrogens (tertiary/aromatic N) is 1. The third kappa shape index (κ3) is 7.69. The largest absolute Gasteiger partial charge is 0.352 e. The Bertz CT molecular complexity index is 857. The molecule has 0 spiro atoms. The Balaban J connectivity index is 2.14. The number of amides is 2. The van der Waals surface area contributed by atoms with E-state index in [9.17, 15) is 14.0 Å². The lowest BCUT2D eigenvalue weighted by molar-refractivity contribution is -0.139. The quantitative estimate of drug-likeness (QED) is 0.525. The summed E-state index contributed by atoms with van der Waals surface area (Å²) in [6.07, 6.45) is 1.33. The van der Waals surface area contributed by atoms with Crippen LogP contribution in [0, 0.1) is 12.7 Å². The molecule has 2 rings (SSSR count). The molecule has 0 bridgehead atoms. The summed E-state index contributed by atoms with van der Waals surface area (Å²) in [6, 6.07) is 13.7. The van der Waals surface area contributed by atoms with E-state index in [1.54, 1.807) is 28.8 Å². The van der Waals surface area contributed by atoms with Crippen LogP contribution in [0.1, 0.15) is 50.3 Å². The molecule has 0 saturated heterocycles. The predicted octanol–water partition coefficient (Wildman–Crippen LogP) is 5.09. The van der Waals surface area contributed by atoms with Crippen molar-refractivity contribution >= 4 is 23.6 Å². The smallest absolute Gasteiger partial charge is 0.243 e. The van der Waals surface area contributed by atoms with E-state index in [0.29, 0.717) is 6.42 Å². The summed E-state index contributed by atoms with van der Waals surface area (Å²) in [5.74, 6) is 0.462. The number of carbonyl (C=O) groups excluding carboxylic acids is 2. The molecule has 0 heterocycles. The molecule has 31 heavy (non-hydrogen) atoms. The van der Waals surface area contributed by atoms with Crippen LogP contribution in [0.3, 0.4) is 0 Å². The Labute approximate surface area is 189 Å². The zero-order valence-corrected chi connectivity index (χ0v) is 19.7. The van der Waals surface area contributed by atoms with Gasteiger partial charge in [-0.3, -0.25) is 9.59 Å². The van der Waals surface area contributed by atoms with Gasteiger partial charge in [0, 0.05) is 18.3 Å². The number of benzene rings is 2. The minimum Gasteiger partial charge on any atom is -0.352 e. The van der Waals surface area contributed by atoms with Gasteiger partial charge in [0.15, 0.2) is 0 Å². The average molecular weight is 445 g/mol. The normalized spacial score (nSPS) is 12.8. The van der Waals surface area contributed by atoms with Crippen LogP contribution in [-0.4, -0.2) is 34.6 Å². The van der Waals surface area contributed by atoms with Crippen LogP contribution in [0.25, 0.3) is 0 Å². The minimum absolute atomic E-state index is 0.0414. The molecular formula is C25H33FN2O2S. The summed E-state index contributed by atoms with van der Waals surface area (Å²) in [7, 11) is 0. The summed E-state index contributed by atoms with van der Waals surface area (Å²) in [5.41, 5.74) is 3.20. The molecule has 0 aliphatic carbocycles. The minimum atomic E-state index is -0.564. The highest BCUT2D eigenvalue weighted by Crippen LogP contribution is 2.19. The monoisotopic (exact) mass is 444 g/mol. The number of hydrogen-bond acceptors (Lipinski definition) is 3. The molecule has 0 aromatic heterocycles. The molecule has 0 aliphatic rings. The van der Waals surface area contributed by atoms with Crippen molar-refractivity contribution in [3.8, 4) is 0 Å². The van der Waals surface area contributed by atoms with E-state index in [1.165, 1.54) is 23.3 Å². The summed E-state index contributed by atoms with van der Waals surface area (Å²) in [6.45, 7) is 8.21. The van der Waals surface area contributed by atoms with Crippen LogP contribution >= 0.6 is 11.8 Å². The lowest BCUT2D eigenvalue weighted by Gasteiger charge is -2.31. The van der Waals surface area contributed by atoms with Gasteiger partial charge in [-0.25, -0.2) is 4.39 Å². The number of hydrogen-bond donors (Lipinski definition) is 1. The summed E-state index contributed by atoms with van der Waals surface area (Å²) in [4.78, 5) is 27.7. The van der Waals surface area contributed by atoms with Crippen molar-refractivity contribution in [1.29, 1.82) is 0 Å². The van der Waals surface area contributed by atoms with Crippen molar-refractivity contribution in [2.75, 3.05) is 5.75 Å². The van der Waals surface area contributed by atoms with E-state index in [4.69, 9.17) is 0 Å². The molecule has 2 atom stereocenters. The van der Waals surface area contributed by atoms with Crippen LogP contribution in [0.15, 0.2) is 48.5 Å². The van der Waals surface area contributed by atoms with Crippen LogP contribution in [0.5, 0.6) is 0 Å². The first kappa shape index (κ1) is 24.9. The molecule has 4 nitrogen and oxygen atoms in total. The van der Waals surface area contributed by atoms with Crippen LogP contribution in [0.2, 0.25) is 0 Å². The first-order valence-corrected chi connectivity index (χ1v) is 12.0. The number of halogens is 1. The third-order valence-electron chi connectivity index (χ3n) is 5.40. The van der Waals surface area contributed by atoms with Gasteiger partial charge in [-0.2, -0.15) is 0 Å². The number of thioether (sulfide) groups is 1. The molecule has 168 valence electrons. The average Bonchev–Trinajstić information content (AvgIpc) is 2.76. The maximum atomic E-state index is 13.3. The number of rotatable bonds is 11. The molecular weight excluding hydrogens is 411 g/mol. The van der Waals surface area contributed by atoms with Gasteiger partial charge in [0.1, 0.15) is 11.9 Å². The Morgan fingerprint density at radius 1 is 1.06 bits per heavy atom. The first-order valence-electron chi connectivity index (χ1n) is 10.8. The van der Waals surface area contributed by atoms with Gasteiger partial charge >= 0.3 is 0 Å². The van der Waals surface area contributed by atoms with Gasteiger partial charge in [0.2, 0.25) is 11.8 Å². The lowest BCUT2D eigenvalue weighted by Crippen LogP contribution is -2.51. The Hall–Kier alpha value is -2.34. The lowest BCUT2D eigenvalue weighted by atomic mass is 10.1. The van der Waals surface area contributed by atoms with E-state index < -0.39 is 6.04 Å². The molecule has 0 radical (unpaired) electrons. The Kier molecular flexibility index (Phi) is 10.0. The molecule has 2 aromatic rings. The van der Waals surface area contributed by atoms with Crippen LogP contribution in [-0.2, 0) is 21.9 Å². The second kappa shape index (κ2) is 12.5. The molecule has 2 amide bonds. The summed E-state index contributed by atoms with van der Waals surface area (Å²) in [5, 5.41) is 3.00. The van der Waals surface area contributed by atoms with Gasteiger partial charge in [-0.05, 0) is 55.5 Å². The van der Waals surface area contributed by atoms with Crippen molar-refractivity contribution < 1.29 is 14.0 Å². The highest BCUT2D eigenvalue weighted by atomic mass is 32.2. The zero-order valence-electron chi connectivity index (χ0n) is 18.9. The SMILES string of the molecule is CC[C@@H](C)NC(=O)[C@@H](CC)N(Cc1ccc(F)cc1)C(=O)CSCc1ccccc1C. The molecule has 0 unspecified atom stereocenters. The standard InChI is InChI=1S/C25H33FN2O2S/c1-5-19(4)27-25(30)23(6-2)28(15-20-11-13-22(26)14-12-20)24(29)17-31-16-21-10-8-7-9-18(21)3/h7-14,19,23H,5-6,15-17H2,1-4H3,(H,27,30)/t19-,23-/m1/s1. The van der Waals surface area contributed by atoms with Gasteiger partial charge in [-0.1, -0.05) is 50.2 Å². The maximum absolute atomic E-state index is 13.3. The van der Waals surface area contributed by atoms with Crippen LogP contribution in [0.4, 0.5) is 4.39 Å². The Morgan fingerprint density at radius 2 is 1.74 bits per heavy atom.